The number of carboxylic acid groups (broad SMARTS) is 1. The van der Waals surface area contributed by atoms with Crippen LogP contribution in [0.4, 0.5) is 0 Å². The number of nitrogens with zero attached hydrogens (tertiary/aromatic N) is 1. The lowest BCUT2D eigenvalue weighted by molar-refractivity contribution is 0.0697. The minimum absolute atomic E-state index is 0.134. The minimum atomic E-state index is -0.952. The van der Waals surface area contributed by atoms with Gasteiger partial charge in [0.25, 0.3) is 0 Å². The predicted molar refractivity (Wildman–Crippen MR) is 110 cm³/mol. The van der Waals surface area contributed by atoms with Gasteiger partial charge in [0.2, 0.25) is 0 Å². The van der Waals surface area contributed by atoms with Gasteiger partial charge in [0.1, 0.15) is 5.71 Å². The zero-order valence-corrected chi connectivity index (χ0v) is 16.1. The number of benzene rings is 1. The highest BCUT2D eigenvalue weighted by Crippen LogP contribution is 2.29. The number of allylic oxidation sites excluding steroid dienone is 7. The van der Waals surface area contributed by atoms with Crippen LogP contribution in [0.2, 0.25) is 0 Å². The van der Waals surface area contributed by atoms with Crippen molar-refractivity contribution in [2.45, 2.75) is 40.0 Å². The highest BCUT2D eigenvalue weighted by molar-refractivity contribution is 6.12. The Morgan fingerprint density at radius 2 is 1.81 bits per heavy atom. The van der Waals surface area contributed by atoms with Crippen LogP contribution in [0, 0.1) is 5.41 Å². The van der Waals surface area contributed by atoms with Gasteiger partial charge in [-0.3, -0.25) is 0 Å². The van der Waals surface area contributed by atoms with E-state index in [4.69, 9.17) is 5.11 Å². The second kappa shape index (κ2) is 9.17. The lowest BCUT2D eigenvalue weighted by Crippen LogP contribution is -2.10. The molecule has 27 heavy (non-hydrogen) atoms. The van der Waals surface area contributed by atoms with Gasteiger partial charge in [-0.2, -0.15) is 0 Å². The second-order valence-corrected chi connectivity index (χ2v) is 7.63. The van der Waals surface area contributed by atoms with Crippen molar-refractivity contribution in [3.63, 3.8) is 0 Å². The van der Waals surface area contributed by atoms with Crippen LogP contribution >= 0.6 is 0 Å². The van der Waals surface area contributed by atoms with Crippen LogP contribution in [-0.2, 0) is 0 Å². The molecule has 0 unspecified atom stereocenters. The Balaban J connectivity index is 2.24. The van der Waals surface area contributed by atoms with Gasteiger partial charge in [0.05, 0.1) is 5.56 Å². The topological polar surface area (TPSA) is 69.9 Å². The molecule has 0 aliphatic heterocycles. The lowest BCUT2D eigenvalue weighted by atomic mass is 9.83. The zero-order chi connectivity index (χ0) is 19.9. The first kappa shape index (κ1) is 20.4. The van der Waals surface area contributed by atoms with Crippen molar-refractivity contribution in [3.8, 4) is 0 Å². The fourth-order valence-electron chi connectivity index (χ4n) is 2.73. The molecule has 0 atom stereocenters. The van der Waals surface area contributed by atoms with Crippen molar-refractivity contribution in [3.05, 3.63) is 76.9 Å². The van der Waals surface area contributed by atoms with Crippen LogP contribution in [0.15, 0.2) is 70.9 Å². The molecule has 4 heteroatoms. The van der Waals surface area contributed by atoms with Crippen molar-refractivity contribution in [2.24, 2.45) is 10.6 Å². The zero-order valence-electron chi connectivity index (χ0n) is 16.1. The normalized spacial score (nSPS) is 23.1. The summed E-state index contributed by atoms with van der Waals surface area (Å²) in [6.07, 6.45) is 14.8. The monoisotopic (exact) mass is 365 g/mol. The summed E-state index contributed by atoms with van der Waals surface area (Å²) >= 11 is 0. The maximum absolute atomic E-state index is 10.9. The first-order valence-corrected chi connectivity index (χ1v) is 9.07. The van der Waals surface area contributed by atoms with E-state index in [1.54, 1.807) is 30.3 Å². The molecule has 2 N–H and O–H groups in total. The summed E-state index contributed by atoms with van der Waals surface area (Å²) in [6, 6.07) is 6.56. The number of carboxylic acids is 1. The largest absolute Gasteiger partial charge is 0.478 e. The van der Waals surface area contributed by atoms with Gasteiger partial charge in [-0.25, -0.2) is 4.79 Å². The van der Waals surface area contributed by atoms with Gasteiger partial charge < -0.3 is 10.3 Å². The number of hydrogen-bond acceptors (Lipinski definition) is 3. The maximum atomic E-state index is 10.9. The van der Waals surface area contributed by atoms with Crippen LogP contribution in [-0.4, -0.2) is 22.0 Å². The summed E-state index contributed by atoms with van der Waals surface area (Å²) in [4.78, 5) is 10.9. The summed E-state index contributed by atoms with van der Waals surface area (Å²) in [5.41, 5.74) is 3.90. The van der Waals surface area contributed by atoms with Crippen molar-refractivity contribution in [1.82, 2.24) is 0 Å². The van der Waals surface area contributed by atoms with Crippen LogP contribution < -0.4 is 0 Å². The molecule has 0 aromatic heterocycles. The average Bonchev–Trinajstić information content (AvgIpc) is 2.64. The summed E-state index contributed by atoms with van der Waals surface area (Å²) in [5, 5.41) is 21.9. The third-order valence-corrected chi connectivity index (χ3v) is 4.61. The van der Waals surface area contributed by atoms with Crippen molar-refractivity contribution in [1.29, 1.82) is 0 Å². The molecule has 0 spiro atoms. The molecule has 2 rings (SSSR count). The van der Waals surface area contributed by atoms with Gasteiger partial charge >= 0.3 is 5.97 Å². The quantitative estimate of drug-likeness (QED) is 0.303. The predicted octanol–water partition coefficient (Wildman–Crippen LogP) is 5.87. The molecule has 0 saturated carbocycles. The van der Waals surface area contributed by atoms with Gasteiger partial charge in [-0.15, -0.1) is 0 Å². The highest BCUT2D eigenvalue weighted by Gasteiger charge is 2.16. The van der Waals surface area contributed by atoms with Crippen molar-refractivity contribution in [2.75, 3.05) is 0 Å². The Hall–Kier alpha value is -2.88. The highest BCUT2D eigenvalue weighted by atomic mass is 16.4. The first-order valence-electron chi connectivity index (χ1n) is 9.07. The Bertz CT molecular complexity index is 822. The third-order valence-electron chi connectivity index (χ3n) is 4.61. The van der Waals surface area contributed by atoms with E-state index < -0.39 is 5.97 Å². The Morgan fingerprint density at radius 1 is 1.15 bits per heavy atom. The average molecular weight is 365 g/mol. The number of rotatable bonds is 4. The molecule has 1 aromatic rings. The van der Waals surface area contributed by atoms with Crippen molar-refractivity contribution >= 4 is 17.8 Å². The number of hydrogen-bond donors (Lipinski definition) is 2. The van der Waals surface area contributed by atoms with E-state index in [9.17, 15) is 10.0 Å². The molecule has 0 saturated heterocycles. The molecule has 1 aliphatic rings. The second-order valence-electron chi connectivity index (χ2n) is 7.63. The number of oxime groups is 1. The van der Waals surface area contributed by atoms with Gasteiger partial charge in [-0.1, -0.05) is 67.1 Å². The molecule has 0 heterocycles. The van der Waals surface area contributed by atoms with E-state index in [1.807, 2.05) is 12.2 Å². The van der Waals surface area contributed by atoms with E-state index in [2.05, 4.69) is 44.2 Å². The minimum Gasteiger partial charge on any atom is -0.478 e. The summed E-state index contributed by atoms with van der Waals surface area (Å²) in [5.74, 6) is -0.952. The van der Waals surface area contributed by atoms with E-state index >= 15 is 0 Å². The van der Waals surface area contributed by atoms with Gasteiger partial charge in [0, 0.05) is 0 Å². The summed E-state index contributed by atoms with van der Waals surface area (Å²) in [6.45, 7) is 6.59. The molecular formula is C23H27NO3. The summed E-state index contributed by atoms with van der Waals surface area (Å²) in [7, 11) is 0. The lowest BCUT2D eigenvalue weighted by Gasteiger charge is -2.22. The van der Waals surface area contributed by atoms with E-state index in [0.29, 0.717) is 5.71 Å². The van der Waals surface area contributed by atoms with E-state index in [1.165, 1.54) is 5.57 Å². The van der Waals surface area contributed by atoms with Crippen molar-refractivity contribution < 1.29 is 15.1 Å². The third kappa shape index (κ3) is 6.41. The smallest absolute Gasteiger partial charge is 0.335 e. The van der Waals surface area contributed by atoms with Gasteiger partial charge in [0.15, 0.2) is 0 Å². The van der Waals surface area contributed by atoms with Crippen LogP contribution in [0.25, 0.3) is 6.08 Å². The molecule has 1 aliphatic carbocycles. The molecule has 0 bridgehead atoms. The molecule has 0 radical (unpaired) electrons. The van der Waals surface area contributed by atoms with E-state index in [-0.39, 0.29) is 11.0 Å². The Kier molecular flexibility index (Phi) is 6.94. The standard InChI is InChI=1S/C23H27NO3/c1-17-5-4-6-19(14-16-23(2,3)15-13-17)21(24-27)12-9-18-7-10-20(11-8-18)22(25)26/h4,6-14,27H,5,15-16H2,1-3H3,(H,25,26)/b6-4-,12-9+,17-13-,19-14+,24-21+. The molecular weight excluding hydrogens is 338 g/mol. The van der Waals surface area contributed by atoms with E-state index in [0.717, 1.165) is 30.4 Å². The summed E-state index contributed by atoms with van der Waals surface area (Å²) < 4.78 is 0. The number of carbonyl (C=O) groups is 1. The molecule has 0 fully saturated rings. The Labute approximate surface area is 160 Å². The molecule has 4 nitrogen and oxygen atoms in total. The molecule has 1 aromatic carbocycles. The maximum Gasteiger partial charge on any atom is 0.335 e. The van der Waals surface area contributed by atoms with Crippen LogP contribution in [0.5, 0.6) is 0 Å². The fraction of sp³-hybridized carbons (Fsp3) is 0.304. The Morgan fingerprint density at radius 3 is 2.44 bits per heavy atom. The SMILES string of the molecule is C/C1=C/CC(C)(C)C/C=C(C(/C=C/c2ccc(C(=O)O)cc2)=N/O)\C=C/C1. The van der Waals surface area contributed by atoms with Crippen LogP contribution in [0.1, 0.15) is 56.0 Å². The first-order chi connectivity index (χ1) is 12.8. The van der Waals surface area contributed by atoms with Crippen LogP contribution in [0.3, 0.4) is 0 Å². The molecule has 0 amide bonds. The fourth-order valence-corrected chi connectivity index (χ4v) is 2.73. The number of aromatic carboxylic acids is 1. The molecule has 142 valence electrons. The van der Waals surface area contributed by atoms with Gasteiger partial charge in [-0.05, 0) is 60.9 Å².